The van der Waals surface area contributed by atoms with Crippen LogP contribution in [0.15, 0.2) is 29.1 Å². The molecule has 2 N–H and O–H groups in total. The second-order valence-electron chi connectivity index (χ2n) is 4.15. The number of primary amides is 1. The Hall–Kier alpha value is -1.92. The van der Waals surface area contributed by atoms with Crippen LogP contribution in [0.3, 0.4) is 0 Å². The molecular weight excluding hydrogens is 282 g/mol. The fraction of sp³-hybridized carbons (Fsp3) is 0.308. The molecular formula is C13H14ClN3O3. The Labute approximate surface area is 120 Å². The third-order valence-corrected chi connectivity index (χ3v) is 3.00. The van der Waals surface area contributed by atoms with Crippen LogP contribution in [0.2, 0.25) is 0 Å². The van der Waals surface area contributed by atoms with Gasteiger partial charge in [-0.2, -0.15) is 0 Å². The summed E-state index contributed by atoms with van der Waals surface area (Å²) in [5.41, 5.74) is 5.41. The Kier molecular flexibility index (Phi) is 4.70. The average Bonchev–Trinajstić information content (AvgIpc) is 2.45. The molecule has 0 spiro atoms. The maximum atomic E-state index is 12.4. The highest BCUT2D eigenvalue weighted by molar-refractivity contribution is 6.16. The van der Waals surface area contributed by atoms with Gasteiger partial charge < -0.3 is 10.5 Å². The van der Waals surface area contributed by atoms with E-state index in [1.165, 1.54) is 4.57 Å². The van der Waals surface area contributed by atoms with Gasteiger partial charge in [0.2, 0.25) is 5.91 Å². The summed E-state index contributed by atoms with van der Waals surface area (Å²) in [5, 5.41) is 0.524. The molecule has 0 unspecified atom stereocenters. The monoisotopic (exact) mass is 295 g/mol. The number of alkyl halides is 1. The maximum Gasteiger partial charge on any atom is 0.261 e. The first-order chi connectivity index (χ1) is 9.63. The van der Waals surface area contributed by atoms with Crippen molar-refractivity contribution in [1.82, 2.24) is 9.55 Å². The van der Waals surface area contributed by atoms with E-state index >= 15 is 0 Å². The number of amides is 1. The topological polar surface area (TPSA) is 87.2 Å². The summed E-state index contributed by atoms with van der Waals surface area (Å²) in [4.78, 5) is 27.3. The van der Waals surface area contributed by atoms with Crippen LogP contribution in [0.5, 0.6) is 0 Å². The van der Waals surface area contributed by atoms with E-state index in [0.29, 0.717) is 16.7 Å². The Balaban J connectivity index is 2.29. The summed E-state index contributed by atoms with van der Waals surface area (Å²) in [6, 6.07) is 7.07. The summed E-state index contributed by atoms with van der Waals surface area (Å²) in [6.45, 7) is 0.282. The number of carbonyl (C=O) groups excluding carboxylic acids is 1. The van der Waals surface area contributed by atoms with Crippen molar-refractivity contribution in [3.05, 3.63) is 40.4 Å². The number of nitrogens with zero attached hydrogens (tertiary/aromatic N) is 2. The molecule has 2 rings (SSSR count). The number of hydrogen-bond acceptors (Lipinski definition) is 4. The summed E-state index contributed by atoms with van der Waals surface area (Å²) in [7, 11) is 0. The highest BCUT2D eigenvalue weighted by atomic mass is 35.5. The normalized spacial score (nSPS) is 10.8. The third kappa shape index (κ3) is 3.15. The summed E-state index contributed by atoms with van der Waals surface area (Å²) >= 11 is 5.83. The number of para-hydroxylation sites is 1. The SMILES string of the molecule is NC(=O)COCCn1c(CCl)nc2ccccc2c1=O. The number of aromatic nitrogens is 2. The second kappa shape index (κ2) is 6.49. The predicted molar refractivity (Wildman–Crippen MR) is 75.6 cm³/mol. The van der Waals surface area contributed by atoms with Gasteiger partial charge in [0.25, 0.3) is 5.56 Å². The molecule has 106 valence electrons. The molecule has 0 aliphatic heterocycles. The standard InChI is InChI=1S/C13H14ClN3O3/c14-7-12-16-10-4-2-1-3-9(10)13(19)17(12)5-6-20-8-11(15)18/h1-4H,5-8H2,(H2,15,18). The molecule has 0 bridgehead atoms. The molecule has 1 aromatic heterocycles. The molecule has 0 aliphatic carbocycles. The van der Waals surface area contributed by atoms with E-state index in [0.717, 1.165) is 0 Å². The zero-order chi connectivity index (χ0) is 14.5. The van der Waals surface area contributed by atoms with E-state index in [2.05, 4.69) is 4.98 Å². The van der Waals surface area contributed by atoms with Gasteiger partial charge in [0.15, 0.2) is 0 Å². The minimum atomic E-state index is -0.549. The molecule has 6 nitrogen and oxygen atoms in total. The number of benzene rings is 1. The van der Waals surface area contributed by atoms with Gasteiger partial charge >= 0.3 is 0 Å². The van der Waals surface area contributed by atoms with E-state index in [9.17, 15) is 9.59 Å². The Morgan fingerprint density at radius 3 is 2.85 bits per heavy atom. The molecule has 7 heteroatoms. The quantitative estimate of drug-likeness (QED) is 0.626. The van der Waals surface area contributed by atoms with Crippen molar-refractivity contribution in [2.75, 3.05) is 13.2 Å². The van der Waals surface area contributed by atoms with E-state index in [4.69, 9.17) is 22.1 Å². The predicted octanol–water partition coefficient (Wildman–Crippen LogP) is 0.637. The van der Waals surface area contributed by atoms with Gasteiger partial charge in [0.1, 0.15) is 12.4 Å². The zero-order valence-electron chi connectivity index (χ0n) is 10.7. The fourth-order valence-electron chi connectivity index (χ4n) is 1.88. The first-order valence-corrected chi connectivity index (χ1v) is 6.57. The lowest BCUT2D eigenvalue weighted by molar-refractivity contribution is -0.122. The van der Waals surface area contributed by atoms with Crippen molar-refractivity contribution in [3.8, 4) is 0 Å². The molecule has 1 heterocycles. The van der Waals surface area contributed by atoms with Crippen molar-refractivity contribution < 1.29 is 9.53 Å². The number of ether oxygens (including phenoxy) is 1. The summed E-state index contributed by atoms with van der Waals surface area (Å²) in [5.74, 6) is 0.0418. The summed E-state index contributed by atoms with van der Waals surface area (Å²) in [6.07, 6.45) is 0. The molecule has 2 aromatic rings. The molecule has 0 radical (unpaired) electrons. The Bertz CT molecular complexity index is 684. The van der Waals surface area contributed by atoms with E-state index in [1.54, 1.807) is 18.2 Å². The number of carbonyl (C=O) groups is 1. The first kappa shape index (κ1) is 14.5. The first-order valence-electron chi connectivity index (χ1n) is 6.04. The van der Waals surface area contributed by atoms with Crippen LogP contribution in [0.4, 0.5) is 0 Å². The van der Waals surface area contributed by atoms with Crippen molar-refractivity contribution >= 4 is 28.4 Å². The van der Waals surface area contributed by atoms with Crippen LogP contribution in [0.1, 0.15) is 5.82 Å². The number of fused-ring (bicyclic) bond motifs is 1. The van der Waals surface area contributed by atoms with Gasteiger partial charge in [-0.25, -0.2) is 4.98 Å². The van der Waals surface area contributed by atoms with Gasteiger partial charge in [-0.3, -0.25) is 14.2 Å². The van der Waals surface area contributed by atoms with E-state index in [1.807, 2.05) is 6.07 Å². The molecule has 0 saturated heterocycles. The average molecular weight is 296 g/mol. The van der Waals surface area contributed by atoms with E-state index in [-0.39, 0.29) is 31.2 Å². The lowest BCUT2D eigenvalue weighted by atomic mass is 10.2. The van der Waals surface area contributed by atoms with Crippen LogP contribution in [-0.2, 0) is 22.0 Å². The largest absolute Gasteiger partial charge is 0.370 e. The molecule has 20 heavy (non-hydrogen) atoms. The lowest BCUT2D eigenvalue weighted by Gasteiger charge is -2.11. The second-order valence-corrected chi connectivity index (χ2v) is 4.42. The maximum absolute atomic E-state index is 12.4. The van der Waals surface area contributed by atoms with Crippen LogP contribution >= 0.6 is 11.6 Å². The van der Waals surface area contributed by atoms with Gasteiger partial charge in [0, 0.05) is 0 Å². The molecule has 0 atom stereocenters. The minimum Gasteiger partial charge on any atom is -0.370 e. The Morgan fingerprint density at radius 1 is 1.40 bits per heavy atom. The van der Waals surface area contributed by atoms with Crippen LogP contribution in [0, 0.1) is 0 Å². The minimum absolute atomic E-state index is 0.121. The smallest absolute Gasteiger partial charge is 0.261 e. The Morgan fingerprint density at radius 2 is 2.15 bits per heavy atom. The number of rotatable bonds is 6. The molecule has 1 amide bonds. The highest BCUT2D eigenvalue weighted by Gasteiger charge is 2.09. The lowest BCUT2D eigenvalue weighted by Crippen LogP contribution is -2.28. The molecule has 0 aliphatic rings. The van der Waals surface area contributed by atoms with Gasteiger partial charge in [-0.1, -0.05) is 12.1 Å². The van der Waals surface area contributed by atoms with Crippen LogP contribution in [0.25, 0.3) is 10.9 Å². The van der Waals surface area contributed by atoms with Crippen molar-refractivity contribution in [2.45, 2.75) is 12.4 Å². The number of nitrogens with two attached hydrogens (primary N) is 1. The molecule has 1 aromatic carbocycles. The highest BCUT2D eigenvalue weighted by Crippen LogP contribution is 2.09. The van der Waals surface area contributed by atoms with Gasteiger partial charge in [0.05, 0.1) is 29.9 Å². The summed E-state index contributed by atoms with van der Waals surface area (Å²) < 4.78 is 6.52. The van der Waals surface area contributed by atoms with Crippen molar-refractivity contribution in [2.24, 2.45) is 5.73 Å². The van der Waals surface area contributed by atoms with Gasteiger partial charge in [-0.05, 0) is 12.1 Å². The van der Waals surface area contributed by atoms with Gasteiger partial charge in [-0.15, -0.1) is 11.6 Å². The van der Waals surface area contributed by atoms with Crippen LogP contribution in [-0.4, -0.2) is 28.7 Å². The van der Waals surface area contributed by atoms with Crippen molar-refractivity contribution in [1.29, 1.82) is 0 Å². The van der Waals surface area contributed by atoms with Crippen LogP contribution < -0.4 is 11.3 Å². The zero-order valence-corrected chi connectivity index (χ0v) is 11.5. The molecule has 0 saturated carbocycles. The number of halogens is 1. The van der Waals surface area contributed by atoms with Crippen molar-refractivity contribution in [3.63, 3.8) is 0 Å². The number of hydrogen-bond donors (Lipinski definition) is 1. The third-order valence-electron chi connectivity index (χ3n) is 2.76. The van der Waals surface area contributed by atoms with E-state index < -0.39 is 5.91 Å². The molecule has 0 fully saturated rings. The fourth-order valence-corrected chi connectivity index (χ4v) is 2.08.